The Morgan fingerprint density at radius 1 is 1.21 bits per heavy atom. The van der Waals surface area contributed by atoms with Crippen LogP contribution >= 0.6 is 11.6 Å². The smallest absolute Gasteiger partial charge is 0.225 e. The molecule has 2 aliphatic rings. The van der Waals surface area contributed by atoms with E-state index in [1.165, 1.54) is 25.7 Å². The van der Waals surface area contributed by atoms with Gasteiger partial charge in [0.2, 0.25) is 11.9 Å². The molecule has 0 bridgehead atoms. The van der Waals surface area contributed by atoms with Crippen molar-refractivity contribution in [2.75, 3.05) is 25.5 Å². The third-order valence-corrected chi connectivity index (χ3v) is 6.40. The molecule has 0 N–H and O–H groups in total. The summed E-state index contributed by atoms with van der Waals surface area (Å²) in [6.07, 6.45) is 9.41. The highest BCUT2D eigenvalue weighted by atomic mass is 35.5. The molecule has 6 heteroatoms. The molecule has 1 aromatic heterocycles. The van der Waals surface area contributed by atoms with E-state index in [1.807, 2.05) is 49.5 Å². The fourth-order valence-electron chi connectivity index (χ4n) is 4.66. The third-order valence-electron chi connectivity index (χ3n) is 6.17. The minimum absolute atomic E-state index is 0.000385. The lowest BCUT2D eigenvalue weighted by molar-refractivity contribution is -0.133. The predicted octanol–water partition coefficient (Wildman–Crippen LogP) is 5.11. The van der Waals surface area contributed by atoms with E-state index in [4.69, 9.17) is 16.6 Å². The number of rotatable bonds is 5. The van der Waals surface area contributed by atoms with E-state index in [-0.39, 0.29) is 11.9 Å². The number of likely N-dealkylation sites (tertiary alicyclic amines) is 1. The molecule has 1 aliphatic carbocycles. The standard InChI is InChI=1S/C23H29ClN4O/c1-27(2)23-25-15-19(17-9-5-10-18(24)14-17)22(26-23)20-11-6-12-28(20)21(29)13-16-7-3-4-8-16/h5,9-10,14-16,20H,3-4,6-8,11-13H2,1-2H3. The molecule has 1 saturated carbocycles. The lowest BCUT2D eigenvalue weighted by Gasteiger charge is -2.28. The number of amides is 1. The quantitative estimate of drug-likeness (QED) is 0.684. The van der Waals surface area contributed by atoms with Crippen LogP contribution in [0.1, 0.15) is 56.7 Å². The minimum atomic E-state index is -0.000385. The number of carbonyl (C=O) groups is 1. The first-order chi connectivity index (χ1) is 14.0. The monoisotopic (exact) mass is 412 g/mol. The van der Waals surface area contributed by atoms with Crippen LogP contribution < -0.4 is 4.90 Å². The zero-order valence-corrected chi connectivity index (χ0v) is 18.0. The maximum atomic E-state index is 13.2. The number of carbonyl (C=O) groups excluding carboxylic acids is 1. The Kier molecular flexibility index (Phi) is 6.04. The summed E-state index contributed by atoms with van der Waals surface area (Å²) in [4.78, 5) is 26.6. The molecule has 2 fully saturated rings. The Bertz CT molecular complexity index is 879. The summed E-state index contributed by atoms with van der Waals surface area (Å²) in [5.74, 6) is 1.50. The Morgan fingerprint density at radius 3 is 2.72 bits per heavy atom. The second kappa shape index (κ2) is 8.70. The third kappa shape index (κ3) is 4.40. The average molecular weight is 413 g/mol. The van der Waals surface area contributed by atoms with Crippen molar-refractivity contribution >= 4 is 23.5 Å². The Labute approximate surface area is 178 Å². The average Bonchev–Trinajstić information content (AvgIpc) is 3.39. The van der Waals surface area contributed by atoms with E-state index in [9.17, 15) is 4.79 Å². The van der Waals surface area contributed by atoms with Crippen LogP contribution in [0.2, 0.25) is 5.02 Å². The van der Waals surface area contributed by atoms with Gasteiger partial charge >= 0.3 is 0 Å². The van der Waals surface area contributed by atoms with Gasteiger partial charge < -0.3 is 9.80 Å². The molecule has 1 unspecified atom stereocenters. The highest BCUT2D eigenvalue weighted by Gasteiger charge is 2.34. The van der Waals surface area contributed by atoms with Crippen LogP contribution in [0.4, 0.5) is 5.95 Å². The van der Waals surface area contributed by atoms with E-state index in [0.717, 1.165) is 36.2 Å². The van der Waals surface area contributed by atoms with Crippen molar-refractivity contribution in [3.63, 3.8) is 0 Å². The summed E-state index contributed by atoms with van der Waals surface area (Å²) in [6, 6.07) is 7.78. The Morgan fingerprint density at radius 2 is 2.00 bits per heavy atom. The molecule has 4 rings (SSSR count). The lowest BCUT2D eigenvalue weighted by atomic mass is 9.98. The molecule has 5 nitrogen and oxygen atoms in total. The van der Waals surface area contributed by atoms with Crippen molar-refractivity contribution in [1.29, 1.82) is 0 Å². The van der Waals surface area contributed by atoms with E-state index < -0.39 is 0 Å². The molecular formula is C23H29ClN4O. The summed E-state index contributed by atoms with van der Waals surface area (Å²) in [7, 11) is 3.88. The molecule has 2 heterocycles. The summed E-state index contributed by atoms with van der Waals surface area (Å²) >= 11 is 6.25. The van der Waals surface area contributed by atoms with E-state index in [1.54, 1.807) is 0 Å². The second-order valence-electron chi connectivity index (χ2n) is 8.47. The molecule has 1 aromatic carbocycles. The Hall–Kier alpha value is -2.14. The highest BCUT2D eigenvalue weighted by Crippen LogP contribution is 2.39. The zero-order chi connectivity index (χ0) is 20.4. The number of aromatic nitrogens is 2. The first-order valence-electron chi connectivity index (χ1n) is 10.6. The number of halogens is 1. The molecule has 1 aliphatic heterocycles. The summed E-state index contributed by atoms with van der Waals surface area (Å²) in [5.41, 5.74) is 2.89. The highest BCUT2D eigenvalue weighted by molar-refractivity contribution is 6.30. The van der Waals surface area contributed by atoms with Crippen molar-refractivity contribution in [1.82, 2.24) is 14.9 Å². The maximum absolute atomic E-state index is 13.2. The molecular weight excluding hydrogens is 384 g/mol. The first kappa shape index (κ1) is 20.1. The fraction of sp³-hybridized carbons (Fsp3) is 0.522. The maximum Gasteiger partial charge on any atom is 0.225 e. The molecule has 1 amide bonds. The normalized spacial score (nSPS) is 19.7. The lowest BCUT2D eigenvalue weighted by Crippen LogP contribution is -2.32. The summed E-state index contributed by atoms with van der Waals surface area (Å²) < 4.78 is 0. The van der Waals surface area contributed by atoms with E-state index >= 15 is 0 Å². The molecule has 0 radical (unpaired) electrons. The van der Waals surface area contributed by atoms with Gasteiger partial charge in [-0.15, -0.1) is 0 Å². The van der Waals surface area contributed by atoms with Crippen LogP contribution in [0.15, 0.2) is 30.5 Å². The van der Waals surface area contributed by atoms with Gasteiger partial charge in [-0.1, -0.05) is 36.6 Å². The van der Waals surface area contributed by atoms with Gasteiger partial charge in [0.25, 0.3) is 0 Å². The minimum Gasteiger partial charge on any atom is -0.347 e. The van der Waals surface area contributed by atoms with Gasteiger partial charge in [-0.25, -0.2) is 9.97 Å². The zero-order valence-electron chi connectivity index (χ0n) is 17.3. The van der Waals surface area contributed by atoms with Crippen molar-refractivity contribution in [3.05, 3.63) is 41.2 Å². The van der Waals surface area contributed by atoms with Crippen LogP contribution in [0.3, 0.4) is 0 Å². The van der Waals surface area contributed by atoms with Crippen molar-refractivity contribution < 1.29 is 4.79 Å². The van der Waals surface area contributed by atoms with Gasteiger partial charge in [-0.3, -0.25) is 4.79 Å². The number of hydrogen-bond donors (Lipinski definition) is 0. The van der Waals surface area contributed by atoms with Gasteiger partial charge in [0.05, 0.1) is 11.7 Å². The van der Waals surface area contributed by atoms with Crippen LogP contribution in [-0.4, -0.2) is 41.4 Å². The first-order valence-corrected chi connectivity index (χ1v) is 11.0. The van der Waals surface area contributed by atoms with Crippen LogP contribution in [-0.2, 0) is 4.79 Å². The number of benzene rings is 1. The van der Waals surface area contributed by atoms with Gasteiger partial charge in [-0.2, -0.15) is 0 Å². The summed E-state index contributed by atoms with van der Waals surface area (Å²) in [6.45, 7) is 0.812. The van der Waals surface area contributed by atoms with Crippen molar-refractivity contribution in [3.8, 4) is 11.1 Å². The van der Waals surface area contributed by atoms with Gasteiger partial charge in [0.15, 0.2) is 0 Å². The predicted molar refractivity (Wildman–Crippen MR) is 117 cm³/mol. The number of nitrogens with zero attached hydrogens (tertiary/aromatic N) is 4. The van der Waals surface area contributed by atoms with E-state index in [0.29, 0.717) is 23.3 Å². The van der Waals surface area contributed by atoms with Crippen molar-refractivity contribution in [2.24, 2.45) is 5.92 Å². The van der Waals surface area contributed by atoms with Crippen LogP contribution in [0.5, 0.6) is 0 Å². The summed E-state index contributed by atoms with van der Waals surface area (Å²) in [5, 5.41) is 0.686. The SMILES string of the molecule is CN(C)c1ncc(-c2cccc(Cl)c2)c(C2CCCN2C(=O)CC2CCCC2)n1. The second-order valence-corrected chi connectivity index (χ2v) is 8.91. The molecule has 1 saturated heterocycles. The van der Waals surface area contributed by atoms with Gasteiger partial charge in [0.1, 0.15) is 0 Å². The van der Waals surface area contributed by atoms with Crippen molar-refractivity contribution in [2.45, 2.75) is 51.0 Å². The van der Waals surface area contributed by atoms with E-state index in [2.05, 4.69) is 9.88 Å². The molecule has 29 heavy (non-hydrogen) atoms. The largest absolute Gasteiger partial charge is 0.347 e. The van der Waals surface area contributed by atoms with Crippen LogP contribution in [0, 0.1) is 5.92 Å². The topological polar surface area (TPSA) is 49.3 Å². The fourth-order valence-corrected chi connectivity index (χ4v) is 4.85. The molecule has 0 spiro atoms. The van der Waals surface area contributed by atoms with Gasteiger partial charge in [0, 0.05) is 43.8 Å². The molecule has 154 valence electrons. The Balaban J connectivity index is 1.69. The number of hydrogen-bond acceptors (Lipinski definition) is 4. The number of anilines is 1. The van der Waals surface area contributed by atoms with Crippen LogP contribution in [0.25, 0.3) is 11.1 Å². The van der Waals surface area contributed by atoms with Gasteiger partial charge in [-0.05, 0) is 49.3 Å². The molecule has 2 aromatic rings. The molecule has 1 atom stereocenters.